The Kier molecular flexibility index (Phi) is 5.69. The Labute approximate surface area is 92.1 Å². The van der Waals surface area contributed by atoms with Gasteiger partial charge in [0.15, 0.2) is 0 Å². The number of ether oxygens (including phenoxy) is 2. The summed E-state index contributed by atoms with van der Waals surface area (Å²) in [7, 11) is 1.43. The van der Waals surface area contributed by atoms with E-state index in [1.165, 1.54) is 26.4 Å². The number of esters is 1. The SMILES string of the molecule is CCCCC1CCCC(CC(=O)OC)O1. The molecule has 1 saturated heterocycles. The average Bonchev–Trinajstić information content (AvgIpc) is 2.26. The maximum Gasteiger partial charge on any atom is 0.308 e. The first-order valence-electron chi connectivity index (χ1n) is 5.98. The van der Waals surface area contributed by atoms with E-state index in [1.807, 2.05) is 0 Å². The highest BCUT2D eigenvalue weighted by Crippen LogP contribution is 2.24. The highest BCUT2D eigenvalue weighted by molar-refractivity contribution is 5.69. The Morgan fingerprint density at radius 2 is 2.13 bits per heavy atom. The Bertz CT molecular complexity index is 191. The number of hydrogen-bond acceptors (Lipinski definition) is 3. The van der Waals surface area contributed by atoms with Gasteiger partial charge in [-0.2, -0.15) is 0 Å². The van der Waals surface area contributed by atoms with Gasteiger partial charge in [-0.1, -0.05) is 19.8 Å². The van der Waals surface area contributed by atoms with Crippen molar-refractivity contribution in [3.63, 3.8) is 0 Å². The van der Waals surface area contributed by atoms with Crippen LogP contribution in [-0.2, 0) is 14.3 Å². The van der Waals surface area contributed by atoms with Gasteiger partial charge in [-0.3, -0.25) is 4.79 Å². The summed E-state index contributed by atoms with van der Waals surface area (Å²) in [5.74, 6) is -0.156. The molecule has 15 heavy (non-hydrogen) atoms. The van der Waals surface area contributed by atoms with E-state index in [4.69, 9.17) is 4.74 Å². The lowest BCUT2D eigenvalue weighted by molar-refractivity contribution is -0.147. The predicted molar refractivity (Wildman–Crippen MR) is 58.7 cm³/mol. The Morgan fingerprint density at radius 1 is 1.40 bits per heavy atom. The number of carbonyl (C=O) groups excluding carboxylic acids is 1. The Hall–Kier alpha value is -0.570. The first kappa shape index (κ1) is 12.5. The van der Waals surface area contributed by atoms with Crippen molar-refractivity contribution in [3.05, 3.63) is 0 Å². The summed E-state index contributed by atoms with van der Waals surface area (Å²) >= 11 is 0. The van der Waals surface area contributed by atoms with Crippen molar-refractivity contribution < 1.29 is 14.3 Å². The summed E-state index contributed by atoms with van der Waals surface area (Å²) in [6, 6.07) is 0. The van der Waals surface area contributed by atoms with Crippen molar-refractivity contribution in [2.45, 2.75) is 64.1 Å². The molecule has 0 N–H and O–H groups in total. The Balaban J connectivity index is 2.25. The lowest BCUT2D eigenvalue weighted by atomic mass is 9.99. The molecule has 1 rings (SSSR count). The lowest BCUT2D eigenvalue weighted by Gasteiger charge is -2.29. The molecule has 1 heterocycles. The lowest BCUT2D eigenvalue weighted by Crippen LogP contribution is -2.29. The molecular formula is C12H22O3. The molecule has 2 atom stereocenters. The molecule has 88 valence electrons. The number of rotatable bonds is 5. The van der Waals surface area contributed by atoms with Gasteiger partial charge in [0.1, 0.15) is 0 Å². The second-order valence-corrected chi connectivity index (χ2v) is 4.23. The molecule has 1 fully saturated rings. The van der Waals surface area contributed by atoms with Gasteiger partial charge in [-0.25, -0.2) is 0 Å². The minimum atomic E-state index is -0.156. The smallest absolute Gasteiger partial charge is 0.308 e. The molecule has 0 bridgehead atoms. The van der Waals surface area contributed by atoms with Crippen molar-refractivity contribution in [1.29, 1.82) is 0 Å². The summed E-state index contributed by atoms with van der Waals surface area (Å²) in [5, 5.41) is 0. The van der Waals surface area contributed by atoms with Crippen LogP contribution in [0.5, 0.6) is 0 Å². The molecule has 0 aliphatic carbocycles. The van der Waals surface area contributed by atoms with E-state index in [2.05, 4.69) is 11.7 Å². The monoisotopic (exact) mass is 214 g/mol. The van der Waals surface area contributed by atoms with Crippen molar-refractivity contribution in [3.8, 4) is 0 Å². The molecule has 1 aliphatic rings. The van der Waals surface area contributed by atoms with Crippen molar-refractivity contribution in [2.24, 2.45) is 0 Å². The predicted octanol–water partition coefficient (Wildman–Crippen LogP) is 2.68. The van der Waals surface area contributed by atoms with Gasteiger partial charge in [0.2, 0.25) is 0 Å². The number of unbranched alkanes of at least 4 members (excludes halogenated alkanes) is 1. The van der Waals surface area contributed by atoms with Crippen LogP contribution in [0.4, 0.5) is 0 Å². The fourth-order valence-corrected chi connectivity index (χ4v) is 2.05. The molecule has 0 aromatic rings. The van der Waals surface area contributed by atoms with Crippen LogP contribution in [0.3, 0.4) is 0 Å². The van der Waals surface area contributed by atoms with E-state index < -0.39 is 0 Å². The zero-order chi connectivity index (χ0) is 11.1. The van der Waals surface area contributed by atoms with Gasteiger partial charge in [-0.15, -0.1) is 0 Å². The standard InChI is InChI=1S/C12H22O3/c1-3-4-6-10-7-5-8-11(15-10)9-12(13)14-2/h10-11H,3-9H2,1-2H3. The van der Waals surface area contributed by atoms with Crippen LogP contribution >= 0.6 is 0 Å². The third-order valence-corrected chi connectivity index (χ3v) is 2.94. The summed E-state index contributed by atoms with van der Waals surface area (Å²) in [6.45, 7) is 2.19. The second kappa shape index (κ2) is 6.83. The van der Waals surface area contributed by atoms with Gasteiger partial charge in [0.25, 0.3) is 0 Å². The molecule has 1 aliphatic heterocycles. The minimum Gasteiger partial charge on any atom is -0.469 e. The zero-order valence-corrected chi connectivity index (χ0v) is 9.83. The molecule has 0 radical (unpaired) electrons. The average molecular weight is 214 g/mol. The number of hydrogen-bond donors (Lipinski definition) is 0. The van der Waals surface area contributed by atoms with Crippen LogP contribution in [0.2, 0.25) is 0 Å². The highest BCUT2D eigenvalue weighted by Gasteiger charge is 2.24. The quantitative estimate of drug-likeness (QED) is 0.660. The second-order valence-electron chi connectivity index (χ2n) is 4.23. The molecule has 0 saturated carbocycles. The summed E-state index contributed by atoms with van der Waals surface area (Å²) in [6.07, 6.45) is 7.76. The van der Waals surface area contributed by atoms with Gasteiger partial charge in [0.05, 0.1) is 25.7 Å². The summed E-state index contributed by atoms with van der Waals surface area (Å²) in [5.41, 5.74) is 0. The topological polar surface area (TPSA) is 35.5 Å². The summed E-state index contributed by atoms with van der Waals surface area (Å²) in [4.78, 5) is 11.1. The van der Waals surface area contributed by atoms with Gasteiger partial charge in [-0.05, 0) is 25.7 Å². The van der Waals surface area contributed by atoms with E-state index in [-0.39, 0.29) is 12.1 Å². The highest BCUT2D eigenvalue weighted by atomic mass is 16.5. The van der Waals surface area contributed by atoms with Gasteiger partial charge < -0.3 is 9.47 Å². The number of methoxy groups -OCH3 is 1. The third kappa shape index (κ3) is 4.65. The fraction of sp³-hybridized carbons (Fsp3) is 0.917. The van der Waals surface area contributed by atoms with Crippen molar-refractivity contribution >= 4 is 5.97 Å². The van der Waals surface area contributed by atoms with Crippen LogP contribution in [0.1, 0.15) is 51.9 Å². The van der Waals surface area contributed by atoms with E-state index in [0.29, 0.717) is 12.5 Å². The molecule has 0 spiro atoms. The molecule has 2 unspecified atom stereocenters. The van der Waals surface area contributed by atoms with Crippen LogP contribution in [0.25, 0.3) is 0 Å². The molecule has 3 heteroatoms. The largest absolute Gasteiger partial charge is 0.469 e. The third-order valence-electron chi connectivity index (χ3n) is 2.94. The molecule has 0 amide bonds. The van der Waals surface area contributed by atoms with Crippen LogP contribution in [-0.4, -0.2) is 25.3 Å². The van der Waals surface area contributed by atoms with E-state index in [9.17, 15) is 4.79 Å². The zero-order valence-electron chi connectivity index (χ0n) is 9.83. The van der Waals surface area contributed by atoms with Crippen LogP contribution < -0.4 is 0 Å². The summed E-state index contributed by atoms with van der Waals surface area (Å²) < 4.78 is 10.5. The minimum absolute atomic E-state index is 0.0908. The van der Waals surface area contributed by atoms with Gasteiger partial charge >= 0.3 is 5.97 Å². The molecule has 0 aromatic heterocycles. The first-order valence-corrected chi connectivity index (χ1v) is 5.98. The van der Waals surface area contributed by atoms with Crippen LogP contribution in [0.15, 0.2) is 0 Å². The first-order chi connectivity index (χ1) is 7.26. The molecular weight excluding hydrogens is 192 g/mol. The van der Waals surface area contributed by atoms with E-state index in [0.717, 1.165) is 19.3 Å². The van der Waals surface area contributed by atoms with Crippen LogP contribution in [0, 0.1) is 0 Å². The normalized spacial score (nSPS) is 26.3. The van der Waals surface area contributed by atoms with E-state index in [1.54, 1.807) is 0 Å². The van der Waals surface area contributed by atoms with E-state index >= 15 is 0 Å². The molecule has 0 aromatic carbocycles. The molecule has 3 nitrogen and oxygen atoms in total. The maximum atomic E-state index is 11.1. The fourth-order valence-electron chi connectivity index (χ4n) is 2.05. The van der Waals surface area contributed by atoms with Crippen molar-refractivity contribution in [2.75, 3.05) is 7.11 Å². The van der Waals surface area contributed by atoms with Crippen molar-refractivity contribution in [1.82, 2.24) is 0 Å². The maximum absolute atomic E-state index is 11.1. The van der Waals surface area contributed by atoms with Gasteiger partial charge in [0, 0.05) is 0 Å². The Morgan fingerprint density at radius 3 is 2.80 bits per heavy atom. The number of carbonyl (C=O) groups is 1.